The van der Waals surface area contributed by atoms with E-state index in [2.05, 4.69) is 44.3 Å². The number of aryl methyl sites for hydroxylation is 2. The Bertz CT molecular complexity index is 364. The molecular formula is C16H25NS. The molecule has 0 aliphatic heterocycles. The fraction of sp³-hybridized carbons (Fsp3) is 0.625. The summed E-state index contributed by atoms with van der Waals surface area (Å²) >= 11 is 2.04. The van der Waals surface area contributed by atoms with Crippen molar-refractivity contribution in [1.82, 2.24) is 5.32 Å². The van der Waals surface area contributed by atoms with Crippen molar-refractivity contribution in [2.75, 3.05) is 12.3 Å². The Morgan fingerprint density at radius 1 is 1.22 bits per heavy atom. The van der Waals surface area contributed by atoms with Gasteiger partial charge in [0.25, 0.3) is 0 Å². The third kappa shape index (κ3) is 4.66. The van der Waals surface area contributed by atoms with Gasteiger partial charge in [-0.25, -0.2) is 0 Å². The quantitative estimate of drug-likeness (QED) is 0.748. The van der Waals surface area contributed by atoms with Gasteiger partial charge in [0.1, 0.15) is 0 Å². The van der Waals surface area contributed by atoms with Gasteiger partial charge in [0, 0.05) is 24.1 Å². The van der Waals surface area contributed by atoms with Crippen molar-refractivity contribution in [2.45, 2.75) is 45.4 Å². The lowest BCUT2D eigenvalue weighted by Gasteiger charge is -2.12. The van der Waals surface area contributed by atoms with Crippen molar-refractivity contribution < 1.29 is 0 Å². The predicted molar refractivity (Wildman–Crippen MR) is 82.3 cm³/mol. The summed E-state index contributed by atoms with van der Waals surface area (Å²) in [4.78, 5) is 0. The van der Waals surface area contributed by atoms with E-state index in [-0.39, 0.29) is 0 Å². The van der Waals surface area contributed by atoms with E-state index in [0.717, 1.165) is 24.3 Å². The second kappa shape index (κ2) is 6.63. The molecule has 1 aliphatic rings. The highest BCUT2D eigenvalue weighted by Crippen LogP contribution is 2.32. The van der Waals surface area contributed by atoms with Crippen LogP contribution in [0.25, 0.3) is 0 Å². The molecule has 18 heavy (non-hydrogen) atoms. The first-order valence-electron chi connectivity index (χ1n) is 7.03. The molecular weight excluding hydrogens is 238 g/mol. The van der Waals surface area contributed by atoms with Gasteiger partial charge in [-0.1, -0.05) is 29.3 Å². The van der Waals surface area contributed by atoms with Crippen molar-refractivity contribution in [3.63, 3.8) is 0 Å². The molecule has 1 unspecified atom stereocenters. The molecule has 0 heterocycles. The van der Waals surface area contributed by atoms with E-state index >= 15 is 0 Å². The first kappa shape index (κ1) is 14.0. The van der Waals surface area contributed by atoms with Gasteiger partial charge in [0.15, 0.2) is 0 Å². The smallest absolute Gasteiger partial charge is 0.0185 e. The molecule has 1 saturated carbocycles. The summed E-state index contributed by atoms with van der Waals surface area (Å²) in [7, 11) is 0. The van der Waals surface area contributed by atoms with Crippen LogP contribution in [0.5, 0.6) is 0 Å². The zero-order valence-corrected chi connectivity index (χ0v) is 12.6. The van der Waals surface area contributed by atoms with E-state index < -0.39 is 0 Å². The number of thioether (sulfide) groups is 1. The molecule has 0 amide bonds. The van der Waals surface area contributed by atoms with Crippen LogP contribution >= 0.6 is 11.8 Å². The topological polar surface area (TPSA) is 12.0 Å². The van der Waals surface area contributed by atoms with Crippen LogP contribution < -0.4 is 5.32 Å². The lowest BCUT2D eigenvalue weighted by molar-refractivity contribution is 0.514. The Kier molecular flexibility index (Phi) is 5.13. The molecule has 0 radical (unpaired) electrons. The van der Waals surface area contributed by atoms with Crippen molar-refractivity contribution >= 4 is 11.8 Å². The van der Waals surface area contributed by atoms with Gasteiger partial charge in [-0.15, -0.1) is 0 Å². The second-order valence-electron chi connectivity index (χ2n) is 5.63. The van der Waals surface area contributed by atoms with E-state index in [1.54, 1.807) is 0 Å². The minimum Gasteiger partial charge on any atom is -0.313 e. The Balaban J connectivity index is 1.62. The van der Waals surface area contributed by atoms with Crippen LogP contribution in [0.1, 0.15) is 36.5 Å². The Hall–Kier alpha value is -0.470. The van der Waals surface area contributed by atoms with Gasteiger partial charge in [0.05, 0.1) is 0 Å². The molecule has 1 N–H and O–H groups in total. The maximum atomic E-state index is 3.63. The summed E-state index contributed by atoms with van der Waals surface area (Å²) in [6.07, 6.45) is 2.87. The van der Waals surface area contributed by atoms with Crippen LogP contribution in [-0.4, -0.2) is 18.3 Å². The van der Waals surface area contributed by atoms with E-state index in [4.69, 9.17) is 0 Å². The summed E-state index contributed by atoms with van der Waals surface area (Å²) in [6.45, 7) is 7.83. The second-order valence-corrected chi connectivity index (χ2v) is 6.73. The molecule has 0 bridgehead atoms. The van der Waals surface area contributed by atoms with Gasteiger partial charge in [-0.3, -0.25) is 0 Å². The van der Waals surface area contributed by atoms with E-state index in [1.165, 1.54) is 35.3 Å². The maximum Gasteiger partial charge on any atom is 0.0185 e. The van der Waals surface area contributed by atoms with Crippen LogP contribution in [0.4, 0.5) is 0 Å². The normalized spacial score (nSPS) is 16.8. The molecule has 0 saturated heterocycles. The van der Waals surface area contributed by atoms with E-state index in [9.17, 15) is 0 Å². The zero-order valence-electron chi connectivity index (χ0n) is 11.8. The van der Waals surface area contributed by atoms with E-state index in [1.807, 2.05) is 11.8 Å². The van der Waals surface area contributed by atoms with Crippen LogP contribution in [0, 0.1) is 19.8 Å². The summed E-state index contributed by atoms with van der Waals surface area (Å²) < 4.78 is 0. The third-order valence-corrected chi connectivity index (χ3v) is 4.62. The number of hydrogen-bond donors (Lipinski definition) is 1. The first-order valence-corrected chi connectivity index (χ1v) is 8.19. The predicted octanol–water partition coefficient (Wildman–Crippen LogP) is 3.92. The lowest BCUT2D eigenvalue weighted by atomic mass is 10.1. The molecule has 1 nitrogen and oxygen atoms in total. The van der Waals surface area contributed by atoms with Gasteiger partial charge in [-0.2, -0.15) is 11.8 Å². The maximum absolute atomic E-state index is 3.63. The third-order valence-electron chi connectivity index (χ3n) is 3.59. The molecule has 1 atom stereocenters. The number of hydrogen-bond acceptors (Lipinski definition) is 2. The molecule has 0 spiro atoms. The lowest BCUT2D eigenvalue weighted by Crippen LogP contribution is -2.29. The number of nitrogens with one attached hydrogen (secondary N) is 1. The molecule has 1 aliphatic carbocycles. The number of benzene rings is 1. The van der Waals surface area contributed by atoms with E-state index in [0.29, 0.717) is 0 Å². The summed E-state index contributed by atoms with van der Waals surface area (Å²) in [5, 5.41) is 3.63. The minimum absolute atomic E-state index is 0.729. The summed E-state index contributed by atoms with van der Waals surface area (Å²) in [6, 6.07) is 7.58. The molecule has 1 aromatic carbocycles. The monoisotopic (exact) mass is 263 g/mol. The molecule has 1 fully saturated rings. The van der Waals surface area contributed by atoms with Crippen molar-refractivity contribution in [1.29, 1.82) is 0 Å². The van der Waals surface area contributed by atoms with Crippen LogP contribution in [0.15, 0.2) is 18.2 Å². The fourth-order valence-corrected chi connectivity index (χ4v) is 3.27. The van der Waals surface area contributed by atoms with Crippen LogP contribution in [-0.2, 0) is 5.75 Å². The van der Waals surface area contributed by atoms with Crippen molar-refractivity contribution in [2.24, 2.45) is 5.92 Å². The van der Waals surface area contributed by atoms with Crippen LogP contribution in [0.3, 0.4) is 0 Å². The highest BCUT2D eigenvalue weighted by Gasteiger charge is 2.26. The molecule has 1 aromatic rings. The average Bonchev–Trinajstić information content (AvgIpc) is 3.10. The fourth-order valence-electron chi connectivity index (χ4n) is 2.46. The molecule has 2 heteroatoms. The SMILES string of the molecule is Cc1cc(C)cc(CSCCNC(C)C2CC2)c1. The zero-order chi connectivity index (χ0) is 13.0. The average molecular weight is 263 g/mol. The molecule has 0 aromatic heterocycles. The summed E-state index contributed by atoms with van der Waals surface area (Å²) in [5.74, 6) is 3.32. The van der Waals surface area contributed by atoms with Crippen LogP contribution in [0.2, 0.25) is 0 Å². The summed E-state index contributed by atoms with van der Waals surface area (Å²) in [5.41, 5.74) is 4.23. The highest BCUT2D eigenvalue weighted by molar-refractivity contribution is 7.98. The Labute approximate surface area is 116 Å². The Morgan fingerprint density at radius 3 is 2.50 bits per heavy atom. The standard InChI is InChI=1S/C16H25NS/c1-12-8-13(2)10-15(9-12)11-18-7-6-17-14(3)16-4-5-16/h8-10,14,16-17H,4-7,11H2,1-3H3. The highest BCUT2D eigenvalue weighted by atomic mass is 32.2. The van der Waals surface area contributed by atoms with Gasteiger partial charge >= 0.3 is 0 Å². The minimum atomic E-state index is 0.729. The van der Waals surface area contributed by atoms with Gasteiger partial charge in [-0.05, 0) is 45.1 Å². The first-order chi connectivity index (χ1) is 8.65. The van der Waals surface area contributed by atoms with Crippen molar-refractivity contribution in [3.05, 3.63) is 34.9 Å². The molecule has 2 rings (SSSR count). The molecule has 100 valence electrons. The number of rotatable bonds is 7. The largest absolute Gasteiger partial charge is 0.313 e. The Morgan fingerprint density at radius 2 is 1.89 bits per heavy atom. The van der Waals surface area contributed by atoms with Gasteiger partial charge < -0.3 is 5.32 Å². The van der Waals surface area contributed by atoms with Gasteiger partial charge in [0.2, 0.25) is 0 Å². The van der Waals surface area contributed by atoms with Crippen molar-refractivity contribution in [3.8, 4) is 0 Å².